The number of ether oxygens (including phenoxy) is 5. The highest BCUT2D eigenvalue weighted by Crippen LogP contribution is 2.48. The number of ketones is 1. The van der Waals surface area contributed by atoms with E-state index in [1.165, 1.54) is 37.6 Å². The van der Waals surface area contributed by atoms with Gasteiger partial charge in [0.05, 0.1) is 57.4 Å². The lowest BCUT2D eigenvalue weighted by molar-refractivity contribution is -0.132. The van der Waals surface area contributed by atoms with E-state index in [0.717, 1.165) is 10.3 Å². The maximum absolute atomic E-state index is 13.7. The third kappa shape index (κ3) is 4.67. The number of anilines is 1. The van der Waals surface area contributed by atoms with E-state index < -0.39 is 17.7 Å². The molecule has 1 aromatic heterocycles. The number of methoxy groups -OCH3 is 5. The molecule has 0 saturated carbocycles. The number of aromatic nitrogens is 1. The van der Waals surface area contributed by atoms with Gasteiger partial charge in [0.2, 0.25) is 5.75 Å². The van der Waals surface area contributed by atoms with Gasteiger partial charge in [0.25, 0.3) is 5.78 Å². The van der Waals surface area contributed by atoms with Gasteiger partial charge >= 0.3 is 5.91 Å². The van der Waals surface area contributed by atoms with Gasteiger partial charge in [-0.3, -0.25) is 14.5 Å². The maximum atomic E-state index is 13.7. The van der Waals surface area contributed by atoms with E-state index >= 15 is 0 Å². The van der Waals surface area contributed by atoms with Gasteiger partial charge in [0, 0.05) is 5.56 Å². The Morgan fingerprint density at radius 1 is 0.854 bits per heavy atom. The van der Waals surface area contributed by atoms with Crippen molar-refractivity contribution >= 4 is 44.1 Å². The van der Waals surface area contributed by atoms with Crippen LogP contribution in [0.25, 0.3) is 16.0 Å². The molecule has 4 aromatic rings. The number of aryl methyl sites for hydroxylation is 1. The highest BCUT2D eigenvalue weighted by molar-refractivity contribution is 7.22. The maximum Gasteiger partial charge on any atom is 0.301 e. The van der Waals surface area contributed by atoms with E-state index in [1.54, 1.807) is 56.7 Å². The van der Waals surface area contributed by atoms with Gasteiger partial charge in [-0.2, -0.15) is 0 Å². The lowest BCUT2D eigenvalue weighted by Gasteiger charge is -2.24. The second-order valence-corrected chi connectivity index (χ2v) is 10.2. The molecule has 10 nitrogen and oxygen atoms in total. The summed E-state index contributed by atoms with van der Waals surface area (Å²) >= 11 is 1.23. The molecule has 5 rings (SSSR count). The SMILES string of the molecule is COc1ccc2nc(N3C(=O)C(=O)/C(=C(/O)c4ccc(OC)c(C)c4)C3c3cc(OC)c(OC)c(OC)c3)sc2c1. The summed E-state index contributed by atoms with van der Waals surface area (Å²) in [6.45, 7) is 1.82. The first-order valence-electron chi connectivity index (χ1n) is 12.5. The summed E-state index contributed by atoms with van der Waals surface area (Å²) in [6, 6.07) is 12.6. The van der Waals surface area contributed by atoms with Gasteiger partial charge in [-0.15, -0.1) is 0 Å². The van der Waals surface area contributed by atoms with Crippen LogP contribution in [0.3, 0.4) is 0 Å². The van der Waals surface area contributed by atoms with Gasteiger partial charge in [-0.1, -0.05) is 11.3 Å². The number of rotatable bonds is 8. The monoisotopic (exact) mass is 576 g/mol. The molecule has 0 bridgehead atoms. The standard InChI is InChI=1S/C30H28N2O8S/c1-15-11-16(7-10-20(15)37-3)26(33)24-25(17-12-21(38-4)28(40-6)22(13-17)39-5)32(29(35)27(24)34)30-31-19-9-8-18(36-2)14-23(19)41-30/h7-14,25,33H,1-6H3/b26-24+. The summed E-state index contributed by atoms with van der Waals surface area (Å²) in [6.07, 6.45) is 0. The quantitative estimate of drug-likeness (QED) is 0.170. The molecule has 0 spiro atoms. The number of hydrogen-bond acceptors (Lipinski definition) is 10. The Morgan fingerprint density at radius 3 is 2.12 bits per heavy atom. The molecule has 1 amide bonds. The number of Topliss-reactive ketones (excluding diaryl/α,β-unsaturated/α-hetero) is 1. The minimum absolute atomic E-state index is 0.106. The second-order valence-electron chi connectivity index (χ2n) is 9.14. The fourth-order valence-corrected chi connectivity index (χ4v) is 5.93. The minimum Gasteiger partial charge on any atom is -0.507 e. The van der Waals surface area contributed by atoms with Crippen LogP contribution in [0.5, 0.6) is 28.7 Å². The smallest absolute Gasteiger partial charge is 0.301 e. The van der Waals surface area contributed by atoms with E-state index in [1.807, 2.05) is 13.0 Å². The summed E-state index contributed by atoms with van der Waals surface area (Å²) in [5.41, 5.74) is 2.07. The zero-order valence-corrected chi connectivity index (χ0v) is 24.1. The zero-order valence-electron chi connectivity index (χ0n) is 23.3. The van der Waals surface area contributed by atoms with E-state index in [2.05, 4.69) is 4.98 Å². The molecule has 41 heavy (non-hydrogen) atoms. The Labute approximate surface area is 240 Å². The van der Waals surface area contributed by atoms with Crippen LogP contribution >= 0.6 is 11.3 Å². The van der Waals surface area contributed by atoms with Gasteiger partial charge < -0.3 is 28.8 Å². The molecule has 0 radical (unpaired) electrons. The Balaban J connectivity index is 1.78. The van der Waals surface area contributed by atoms with E-state index in [4.69, 9.17) is 23.7 Å². The lowest BCUT2D eigenvalue weighted by Crippen LogP contribution is -2.29. The molecule has 1 unspecified atom stereocenters. The Kier molecular flexibility index (Phi) is 7.46. The summed E-state index contributed by atoms with van der Waals surface area (Å²) in [5, 5.41) is 11.9. The van der Waals surface area contributed by atoms with Crippen LogP contribution in [0, 0.1) is 6.92 Å². The number of carbonyl (C=O) groups is 2. The second kappa shape index (κ2) is 11.0. The largest absolute Gasteiger partial charge is 0.507 e. The van der Waals surface area contributed by atoms with Crippen LogP contribution in [0.2, 0.25) is 0 Å². The molecule has 1 aliphatic heterocycles. The summed E-state index contributed by atoms with van der Waals surface area (Å²) < 4.78 is 28.0. The molecular formula is C30H28N2O8S. The summed E-state index contributed by atoms with van der Waals surface area (Å²) in [7, 11) is 7.53. The van der Waals surface area contributed by atoms with E-state index in [9.17, 15) is 14.7 Å². The first-order chi connectivity index (χ1) is 19.8. The van der Waals surface area contributed by atoms with Crippen molar-refractivity contribution in [2.24, 2.45) is 0 Å². The Hall–Kier alpha value is -4.77. The molecule has 1 saturated heterocycles. The van der Waals surface area contributed by atoms with Crippen molar-refractivity contribution in [3.8, 4) is 28.7 Å². The number of aliphatic hydroxyl groups excluding tert-OH is 1. The van der Waals surface area contributed by atoms with Crippen LogP contribution in [0.15, 0.2) is 54.1 Å². The number of nitrogens with zero attached hydrogens (tertiary/aromatic N) is 2. The highest BCUT2D eigenvalue weighted by atomic mass is 32.1. The van der Waals surface area contributed by atoms with E-state index in [0.29, 0.717) is 45.4 Å². The fraction of sp³-hybridized carbons (Fsp3) is 0.233. The van der Waals surface area contributed by atoms with Gasteiger partial charge in [0.15, 0.2) is 16.6 Å². The first kappa shape index (κ1) is 27.8. The van der Waals surface area contributed by atoms with Gasteiger partial charge in [-0.05, 0) is 66.6 Å². The molecule has 1 N–H and O–H groups in total. The van der Waals surface area contributed by atoms with Crippen LogP contribution in [-0.2, 0) is 9.59 Å². The Morgan fingerprint density at radius 2 is 1.54 bits per heavy atom. The number of amides is 1. The lowest BCUT2D eigenvalue weighted by atomic mass is 9.94. The number of thiazole rings is 1. The van der Waals surface area contributed by atoms with Crippen molar-refractivity contribution in [1.82, 2.24) is 4.98 Å². The summed E-state index contributed by atoms with van der Waals surface area (Å²) in [5.74, 6) is 0.210. The van der Waals surface area contributed by atoms with Crippen molar-refractivity contribution in [3.05, 3.63) is 70.8 Å². The summed E-state index contributed by atoms with van der Waals surface area (Å²) in [4.78, 5) is 33.3. The van der Waals surface area contributed by atoms with Crippen molar-refractivity contribution in [2.75, 3.05) is 40.4 Å². The number of benzene rings is 3. The minimum atomic E-state index is -1.06. The molecule has 0 aliphatic carbocycles. The number of fused-ring (bicyclic) bond motifs is 1. The highest BCUT2D eigenvalue weighted by Gasteiger charge is 2.48. The molecule has 1 fully saturated rings. The van der Waals surface area contributed by atoms with Gasteiger partial charge in [0.1, 0.15) is 17.3 Å². The van der Waals surface area contributed by atoms with Crippen molar-refractivity contribution < 1.29 is 38.4 Å². The zero-order chi connectivity index (χ0) is 29.4. The predicted octanol–water partition coefficient (Wildman–Crippen LogP) is 5.27. The number of carbonyl (C=O) groups excluding carboxylic acids is 2. The molecule has 212 valence electrons. The van der Waals surface area contributed by atoms with E-state index in [-0.39, 0.29) is 16.5 Å². The van der Waals surface area contributed by atoms with Crippen LogP contribution < -0.4 is 28.6 Å². The van der Waals surface area contributed by atoms with Crippen molar-refractivity contribution in [1.29, 1.82) is 0 Å². The van der Waals surface area contributed by atoms with Crippen LogP contribution in [0.4, 0.5) is 5.13 Å². The average Bonchev–Trinajstić information content (AvgIpc) is 3.52. The van der Waals surface area contributed by atoms with Crippen molar-refractivity contribution in [3.63, 3.8) is 0 Å². The van der Waals surface area contributed by atoms with Gasteiger partial charge in [-0.25, -0.2) is 4.98 Å². The average molecular weight is 577 g/mol. The third-order valence-electron chi connectivity index (χ3n) is 6.91. The molecular weight excluding hydrogens is 548 g/mol. The molecule has 11 heteroatoms. The fourth-order valence-electron chi connectivity index (χ4n) is 4.91. The third-order valence-corrected chi connectivity index (χ3v) is 7.92. The molecule has 2 heterocycles. The number of aliphatic hydroxyl groups is 1. The first-order valence-corrected chi connectivity index (χ1v) is 13.3. The van der Waals surface area contributed by atoms with Crippen molar-refractivity contribution in [2.45, 2.75) is 13.0 Å². The number of hydrogen-bond donors (Lipinski definition) is 1. The molecule has 1 atom stereocenters. The normalized spacial score (nSPS) is 16.2. The predicted molar refractivity (Wildman–Crippen MR) is 155 cm³/mol. The van der Waals surface area contributed by atoms with Crippen LogP contribution in [0.1, 0.15) is 22.7 Å². The molecule has 3 aromatic carbocycles. The molecule has 1 aliphatic rings. The Bertz CT molecular complexity index is 1690. The topological polar surface area (TPSA) is 117 Å². The van der Waals surface area contributed by atoms with Crippen LogP contribution in [-0.4, -0.2) is 57.3 Å².